The standard InChI is InChI=1S/C18H28N4O7.ClH/c1-9(2)15(20)17(25)28-10(3)16(24)27-8-12-11(7-23)6-14(29-12)22-5-4-13(19)21-18(22)26;/h4-5,9-12,14-15,23H,6-8,20H2,1-3H3,(H2,19,21,26);1H. The highest BCUT2D eigenvalue weighted by molar-refractivity contribution is 5.85. The van der Waals surface area contributed by atoms with Crippen LogP contribution in [0, 0.1) is 11.8 Å². The van der Waals surface area contributed by atoms with Gasteiger partial charge in [-0.15, -0.1) is 12.4 Å². The van der Waals surface area contributed by atoms with Crippen LogP contribution in [0.2, 0.25) is 0 Å². The number of halogens is 1. The van der Waals surface area contributed by atoms with Gasteiger partial charge in [-0.1, -0.05) is 13.8 Å². The maximum atomic E-state index is 12.1. The Bertz CT molecular complexity index is 788. The van der Waals surface area contributed by atoms with E-state index in [1.165, 1.54) is 23.8 Å². The topological polar surface area (TPSA) is 169 Å². The van der Waals surface area contributed by atoms with Gasteiger partial charge in [0.05, 0.1) is 6.10 Å². The second-order valence-corrected chi connectivity index (χ2v) is 7.33. The molecule has 0 radical (unpaired) electrons. The molecule has 1 aliphatic heterocycles. The van der Waals surface area contributed by atoms with E-state index >= 15 is 0 Å². The van der Waals surface area contributed by atoms with Crippen molar-refractivity contribution in [2.24, 2.45) is 17.6 Å². The number of anilines is 1. The summed E-state index contributed by atoms with van der Waals surface area (Å²) in [6.07, 6.45) is -0.661. The molecule has 0 spiro atoms. The first-order valence-corrected chi connectivity index (χ1v) is 9.37. The van der Waals surface area contributed by atoms with Crippen molar-refractivity contribution in [3.05, 3.63) is 22.7 Å². The van der Waals surface area contributed by atoms with Crippen LogP contribution in [0.3, 0.4) is 0 Å². The number of nitrogens with zero attached hydrogens (tertiary/aromatic N) is 2. The molecule has 5 atom stereocenters. The number of hydrogen-bond donors (Lipinski definition) is 3. The van der Waals surface area contributed by atoms with Gasteiger partial charge in [0.1, 0.15) is 24.7 Å². The molecule has 11 nitrogen and oxygen atoms in total. The van der Waals surface area contributed by atoms with Gasteiger partial charge in [0.25, 0.3) is 0 Å². The van der Waals surface area contributed by atoms with E-state index in [0.29, 0.717) is 6.42 Å². The number of rotatable bonds is 8. The molecule has 1 aliphatic rings. The van der Waals surface area contributed by atoms with E-state index in [-0.39, 0.29) is 43.3 Å². The molecular formula is C18H29ClN4O7. The normalized spacial score (nSPS) is 22.8. The highest BCUT2D eigenvalue weighted by atomic mass is 35.5. The first-order chi connectivity index (χ1) is 13.6. The molecule has 0 aliphatic carbocycles. The molecule has 5 N–H and O–H groups in total. The Morgan fingerprint density at radius 1 is 1.37 bits per heavy atom. The Balaban J connectivity index is 0.00000450. The monoisotopic (exact) mass is 448 g/mol. The van der Waals surface area contributed by atoms with Gasteiger partial charge >= 0.3 is 17.6 Å². The van der Waals surface area contributed by atoms with E-state index < -0.39 is 42.1 Å². The summed E-state index contributed by atoms with van der Waals surface area (Å²) in [5.41, 5.74) is 10.6. The first-order valence-electron chi connectivity index (χ1n) is 9.37. The van der Waals surface area contributed by atoms with Crippen molar-refractivity contribution in [2.45, 2.75) is 51.7 Å². The van der Waals surface area contributed by atoms with Crippen molar-refractivity contribution in [1.29, 1.82) is 0 Å². The number of aliphatic hydroxyl groups is 1. The van der Waals surface area contributed by atoms with Gasteiger partial charge in [0, 0.05) is 25.1 Å². The van der Waals surface area contributed by atoms with E-state index in [4.69, 9.17) is 25.7 Å². The highest BCUT2D eigenvalue weighted by Crippen LogP contribution is 2.32. The van der Waals surface area contributed by atoms with Crippen LogP contribution in [0.25, 0.3) is 0 Å². The summed E-state index contributed by atoms with van der Waals surface area (Å²) in [6.45, 7) is 4.52. The summed E-state index contributed by atoms with van der Waals surface area (Å²) < 4.78 is 17.2. The number of carbonyl (C=O) groups is 2. The molecule has 1 aromatic heterocycles. The van der Waals surface area contributed by atoms with Crippen molar-refractivity contribution >= 4 is 30.2 Å². The van der Waals surface area contributed by atoms with Gasteiger partial charge in [0.15, 0.2) is 6.10 Å². The van der Waals surface area contributed by atoms with Crippen LogP contribution in [-0.4, -0.2) is 58.1 Å². The lowest BCUT2D eigenvalue weighted by atomic mass is 10.0. The van der Waals surface area contributed by atoms with Gasteiger partial charge in [-0.2, -0.15) is 4.98 Å². The van der Waals surface area contributed by atoms with E-state index in [2.05, 4.69) is 4.98 Å². The SMILES string of the molecule is CC(OC(=O)C(N)C(C)C)C(=O)OCC1OC(n2ccc(N)nc2=O)CC1CO.Cl. The zero-order chi connectivity index (χ0) is 21.7. The van der Waals surface area contributed by atoms with Crippen LogP contribution in [0.5, 0.6) is 0 Å². The lowest BCUT2D eigenvalue weighted by molar-refractivity contribution is -0.171. The molecular weight excluding hydrogens is 420 g/mol. The molecule has 170 valence electrons. The van der Waals surface area contributed by atoms with Crippen LogP contribution >= 0.6 is 12.4 Å². The third kappa shape index (κ3) is 6.39. The van der Waals surface area contributed by atoms with Crippen LogP contribution < -0.4 is 17.2 Å². The largest absolute Gasteiger partial charge is 0.460 e. The summed E-state index contributed by atoms with van der Waals surface area (Å²) in [6, 6.07) is 0.624. The molecule has 1 fully saturated rings. The highest BCUT2D eigenvalue weighted by Gasteiger charge is 2.37. The summed E-state index contributed by atoms with van der Waals surface area (Å²) >= 11 is 0. The number of esters is 2. The third-order valence-corrected chi connectivity index (χ3v) is 4.76. The molecule has 5 unspecified atom stereocenters. The van der Waals surface area contributed by atoms with Crippen molar-refractivity contribution in [3.8, 4) is 0 Å². The van der Waals surface area contributed by atoms with Gasteiger partial charge in [0.2, 0.25) is 0 Å². The maximum Gasteiger partial charge on any atom is 0.351 e. The molecule has 1 aromatic rings. The van der Waals surface area contributed by atoms with Gasteiger partial charge in [-0.05, 0) is 18.9 Å². The average molecular weight is 449 g/mol. The zero-order valence-electron chi connectivity index (χ0n) is 17.1. The van der Waals surface area contributed by atoms with Crippen molar-refractivity contribution in [3.63, 3.8) is 0 Å². The van der Waals surface area contributed by atoms with Gasteiger partial charge < -0.3 is 30.8 Å². The molecule has 1 saturated heterocycles. The smallest absolute Gasteiger partial charge is 0.351 e. The van der Waals surface area contributed by atoms with E-state index in [1.807, 2.05) is 0 Å². The summed E-state index contributed by atoms with van der Waals surface area (Å²) in [5.74, 6) is -1.85. The Morgan fingerprint density at radius 2 is 2.03 bits per heavy atom. The molecule has 0 bridgehead atoms. The average Bonchev–Trinajstić information content (AvgIpc) is 3.07. The predicted octanol–water partition coefficient (Wildman–Crippen LogP) is -0.398. The van der Waals surface area contributed by atoms with Crippen LogP contribution in [0.1, 0.15) is 33.4 Å². The van der Waals surface area contributed by atoms with Crippen LogP contribution in [0.4, 0.5) is 5.82 Å². The molecule has 0 aromatic carbocycles. The number of nitrogens with two attached hydrogens (primary N) is 2. The first kappa shape index (κ1) is 25.8. The quantitative estimate of drug-likeness (QED) is 0.444. The van der Waals surface area contributed by atoms with Crippen molar-refractivity contribution in [2.75, 3.05) is 18.9 Å². The predicted molar refractivity (Wildman–Crippen MR) is 109 cm³/mol. The van der Waals surface area contributed by atoms with E-state index in [1.54, 1.807) is 13.8 Å². The minimum absolute atomic E-state index is 0. The van der Waals surface area contributed by atoms with E-state index in [0.717, 1.165) is 0 Å². The maximum absolute atomic E-state index is 12.1. The van der Waals surface area contributed by atoms with Gasteiger partial charge in [-0.3, -0.25) is 9.36 Å². The zero-order valence-corrected chi connectivity index (χ0v) is 17.9. The molecule has 12 heteroatoms. The lowest BCUT2D eigenvalue weighted by Crippen LogP contribution is -2.40. The number of aromatic nitrogens is 2. The van der Waals surface area contributed by atoms with Crippen LogP contribution in [-0.2, 0) is 23.8 Å². The molecule has 30 heavy (non-hydrogen) atoms. The Kier molecular flexibility index (Phi) is 9.69. The fraction of sp³-hybridized carbons (Fsp3) is 0.667. The summed E-state index contributed by atoms with van der Waals surface area (Å²) in [4.78, 5) is 39.6. The van der Waals surface area contributed by atoms with E-state index in [9.17, 15) is 19.5 Å². The molecule has 2 rings (SSSR count). The lowest BCUT2D eigenvalue weighted by Gasteiger charge is -2.20. The number of ether oxygens (including phenoxy) is 3. The number of aliphatic hydroxyl groups excluding tert-OH is 1. The molecule has 2 heterocycles. The Morgan fingerprint density at radius 3 is 2.60 bits per heavy atom. The Labute approximate surface area is 180 Å². The number of hydrogen-bond acceptors (Lipinski definition) is 10. The van der Waals surface area contributed by atoms with Crippen molar-refractivity contribution in [1.82, 2.24) is 9.55 Å². The summed E-state index contributed by atoms with van der Waals surface area (Å²) in [5, 5.41) is 9.59. The van der Waals surface area contributed by atoms with Gasteiger partial charge in [-0.25, -0.2) is 9.59 Å². The number of carbonyl (C=O) groups excluding carboxylic acids is 2. The second kappa shape index (κ2) is 11.3. The second-order valence-electron chi connectivity index (χ2n) is 7.33. The third-order valence-electron chi connectivity index (χ3n) is 4.76. The fourth-order valence-corrected chi connectivity index (χ4v) is 2.83. The molecule has 0 amide bonds. The van der Waals surface area contributed by atoms with Crippen molar-refractivity contribution < 1.29 is 28.9 Å². The Hall–Kier alpha value is -2.21. The number of nitrogen functional groups attached to an aromatic ring is 1. The molecule has 0 saturated carbocycles. The minimum Gasteiger partial charge on any atom is -0.460 e. The fourth-order valence-electron chi connectivity index (χ4n) is 2.83. The summed E-state index contributed by atoms with van der Waals surface area (Å²) in [7, 11) is 0. The minimum atomic E-state index is -1.14. The van der Waals surface area contributed by atoms with Crippen LogP contribution in [0.15, 0.2) is 17.1 Å².